The monoisotopic (exact) mass is 264 g/mol. The summed E-state index contributed by atoms with van der Waals surface area (Å²) in [4.78, 5) is 16.2. The molecule has 3 nitrogen and oxygen atoms in total. The largest absolute Gasteiger partial charge is 0.327 e. The number of Topliss-reactive ketones (excluding diaryl/α,β-unsaturated/α-hetero) is 1. The maximum Gasteiger partial charge on any atom is 0.182 e. The summed E-state index contributed by atoms with van der Waals surface area (Å²) < 4.78 is 27.6. The number of hydrogen-bond acceptors (Lipinski definition) is 2. The van der Waals surface area contributed by atoms with Crippen LogP contribution in [0, 0.1) is 11.6 Å². The Morgan fingerprint density at radius 1 is 1.32 bits per heavy atom. The summed E-state index contributed by atoms with van der Waals surface area (Å²) in [6.45, 7) is 2.11. The van der Waals surface area contributed by atoms with Crippen LogP contribution in [0.5, 0.6) is 0 Å². The van der Waals surface area contributed by atoms with E-state index in [9.17, 15) is 13.6 Å². The molecule has 0 aliphatic heterocycles. The SMILES string of the molecule is CCCc1nccn1CC(=O)c1ccc(F)c(F)c1. The van der Waals surface area contributed by atoms with Gasteiger partial charge in [0.1, 0.15) is 5.82 Å². The van der Waals surface area contributed by atoms with Crippen LogP contribution in [0.2, 0.25) is 0 Å². The molecule has 0 radical (unpaired) electrons. The van der Waals surface area contributed by atoms with E-state index in [4.69, 9.17) is 0 Å². The van der Waals surface area contributed by atoms with Crippen LogP contribution >= 0.6 is 0 Å². The van der Waals surface area contributed by atoms with Crippen molar-refractivity contribution >= 4 is 5.78 Å². The minimum absolute atomic E-state index is 0.0837. The first-order valence-corrected chi connectivity index (χ1v) is 6.10. The van der Waals surface area contributed by atoms with Gasteiger partial charge in [0.2, 0.25) is 0 Å². The van der Waals surface area contributed by atoms with E-state index in [0.717, 1.165) is 30.8 Å². The molecular formula is C14H14F2N2O. The van der Waals surface area contributed by atoms with Crippen LogP contribution in [0.25, 0.3) is 0 Å². The summed E-state index contributed by atoms with van der Waals surface area (Å²) in [5.74, 6) is -1.41. The Morgan fingerprint density at radius 3 is 2.79 bits per heavy atom. The number of aromatic nitrogens is 2. The third kappa shape index (κ3) is 3.05. The zero-order valence-electron chi connectivity index (χ0n) is 10.6. The smallest absolute Gasteiger partial charge is 0.182 e. The third-order valence-corrected chi connectivity index (χ3v) is 2.83. The molecule has 0 bridgehead atoms. The number of halogens is 2. The maximum atomic E-state index is 13.1. The molecule has 1 aromatic heterocycles. The molecule has 0 N–H and O–H groups in total. The molecule has 100 valence electrons. The van der Waals surface area contributed by atoms with Crippen molar-refractivity contribution in [3.63, 3.8) is 0 Å². The highest BCUT2D eigenvalue weighted by molar-refractivity contribution is 5.95. The van der Waals surface area contributed by atoms with Crippen molar-refractivity contribution in [1.29, 1.82) is 0 Å². The van der Waals surface area contributed by atoms with E-state index < -0.39 is 11.6 Å². The summed E-state index contributed by atoms with van der Waals surface area (Å²) in [5.41, 5.74) is 0.162. The second kappa shape index (κ2) is 5.73. The molecule has 0 atom stereocenters. The Balaban J connectivity index is 2.16. The Bertz CT molecular complexity index is 593. The zero-order valence-corrected chi connectivity index (χ0v) is 10.6. The normalized spacial score (nSPS) is 10.7. The number of imidazole rings is 1. The second-order valence-corrected chi connectivity index (χ2v) is 4.27. The highest BCUT2D eigenvalue weighted by atomic mass is 19.2. The molecule has 0 amide bonds. The average molecular weight is 264 g/mol. The Labute approximate surface area is 109 Å². The highest BCUT2D eigenvalue weighted by Gasteiger charge is 2.12. The number of aryl methyl sites for hydroxylation is 1. The van der Waals surface area contributed by atoms with Crippen molar-refractivity contribution in [2.45, 2.75) is 26.3 Å². The molecule has 1 heterocycles. The molecule has 0 aliphatic carbocycles. The van der Waals surface area contributed by atoms with Crippen molar-refractivity contribution in [3.05, 3.63) is 53.6 Å². The Morgan fingerprint density at radius 2 is 2.11 bits per heavy atom. The number of nitrogens with zero attached hydrogens (tertiary/aromatic N) is 2. The number of carbonyl (C=O) groups is 1. The third-order valence-electron chi connectivity index (χ3n) is 2.83. The van der Waals surface area contributed by atoms with Crippen molar-refractivity contribution in [3.8, 4) is 0 Å². The molecule has 2 rings (SSSR count). The van der Waals surface area contributed by atoms with E-state index in [0.29, 0.717) is 0 Å². The quantitative estimate of drug-likeness (QED) is 0.778. The van der Waals surface area contributed by atoms with Crippen molar-refractivity contribution in [1.82, 2.24) is 9.55 Å². The highest BCUT2D eigenvalue weighted by Crippen LogP contribution is 2.11. The fraction of sp³-hybridized carbons (Fsp3) is 0.286. The summed E-state index contributed by atoms with van der Waals surface area (Å²) >= 11 is 0. The fourth-order valence-electron chi connectivity index (χ4n) is 1.85. The van der Waals surface area contributed by atoms with Crippen LogP contribution in [0.1, 0.15) is 29.5 Å². The molecular weight excluding hydrogens is 250 g/mol. The number of hydrogen-bond donors (Lipinski definition) is 0. The summed E-state index contributed by atoms with van der Waals surface area (Å²) in [6.07, 6.45) is 5.04. The molecule has 0 saturated carbocycles. The molecule has 0 spiro atoms. The van der Waals surface area contributed by atoms with E-state index in [-0.39, 0.29) is 17.9 Å². The predicted molar refractivity (Wildman–Crippen MR) is 66.9 cm³/mol. The van der Waals surface area contributed by atoms with E-state index >= 15 is 0 Å². The van der Waals surface area contributed by atoms with Gasteiger partial charge >= 0.3 is 0 Å². The lowest BCUT2D eigenvalue weighted by Crippen LogP contribution is -2.13. The number of carbonyl (C=O) groups excluding carboxylic acids is 1. The van der Waals surface area contributed by atoms with Crippen molar-refractivity contribution in [2.75, 3.05) is 0 Å². The summed E-state index contributed by atoms with van der Waals surface area (Å²) in [6, 6.07) is 3.18. The van der Waals surface area contributed by atoms with E-state index in [2.05, 4.69) is 4.98 Å². The lowest BCUT2D eigenvalue weighted by atomic mass is 10.1. The van der Waals surface area contributed by atoms with Gasteiger partial charge in [-0.2, -0.15) is 0 Å². The van der Waals surface area contributed by atoms with Crippen LogP contribution in [0.3, 0.4) is 0 Å². The second-order valence-electron chi connectivity index (χ2n) is 4.27. The minimum atomic E-state index is -1.01. The lowest BCUT2D eigenvalue weighted by molar-refractivity contribution is 0.0970. The van der Waals surface area contributed by atoms with Gasteiger partial charge in [0.05, 0.1) is 6.54 Å². The first-order chi connectivity index (χ1) is 9.11. The first-order valence-electron chi connectivity index (χ1n) is 6.10. The summed E-state index contributed by atoms with van der Waals surface area (Å²) in [5, 5.41) is 0. The predicted octanol–water partition coefficient (Wildman–Crippen LogP) is 3.00. The summed E-state index contributed by atoms with van der Waals surface area (Å²) in [7, 11) is 0. The molecule has 1 aromatic carbocycles. The first kappa shape index (κ1) is 13.4. The Hall–Kier alpha value is -2.04. The van der Waals surface area contributed by atoms with Gasteiger partial charge in [0.25, 0.3) is 0 Å². The van der Waals surface area contributed by atoms with Gasteiger partial charge in [-0.25, -0.2) is 13.8 Å². The van der Waals surface area contributed by atoms with Crippen LogP contribution < -0.4 is 0 Å². The number of ketones is 1. The van der Waals surface area contributed by atoms with Crippen LogP contribution in [-0.2, 0) is 13.0 Å². The fourth-order valence-corrected chi connectivity index (χ4v) is 1.85. The van der Waals surface area contributed by atoms with E-state index in [1.165, 1.54) is 6.07 Å². The Kier molecular flexibility index (Phi) is 4.04. The van der Waals surface area contributed by atoms with Gasteiger partial charge < -0.3 is 4.57 Å². The topological polar surface area (TPSA) is 34.9 Å². The van der Waals surface area contributed by atoms with Gasteiger partial charge in [0.15, 0.2) is 17.4 Å². The minimum Gasteiger partial charge on any atom is -0.327 e. The molecule has 0 aliphatic rings. The van der Waals surface area contributed by atoms with Gasteiger partial charge in [-0.1, -0.05) is 6.92 Å². The van der Waals surface area contributed by atoms with Crippen molar-refractivity contribution < 1.29 is 13.6 Å². The van der Waals surface area contributed by atoms with Gasteiger partial charge in [-0.05, 0) is 24.6 Å². The standard InChI is InChI=1S/C14H14F2N2O/c1-2-3-14-17-6-7-18(14)9-13(19)10-4-5-11(15)12(16)8-10/h4-8H,2-3,9H2,1H3. The van der Waals surface area contributed by atoms with Crippen LogP contribution in [0.15, 0.2) is 30.6 Å². The average Bonchev–Trinajstić information content (AvgIpc) is 2.80. The van der Waals surface area contributed by atoms with Gasteiger partial charge in [0, 0.05) is 24.4 Å². The van der Waals surface area contributed by atoms with Gasteiger partial charge in [-0.15, -0.1) is 0 Å². The lowest BCUT2D eigenvalue weighted by Gasteiger charge is -2.06. The van der Waals surface area contributed by atoms with Crippen LogP contribution in [0.4, 0.5) is 8.78 Å². The van der Waals surface area contributed by atoms with Crippen LogP contribution in [-0.4, -0.2) is 15.3 Å². The van der Waals surface area contributed by atoms with Crippen molar-refractivity contribution in [2.24, 2.45) is 0 Å². The molecule has 19 heavy (non-hydrogen) atoms. The molecule has 0 saturated heterocycles. The molecule has 0 unspecified atom stereocenters. The number of rotatable bonds is 5. The van der Waals surface area contributed by atoms with Gasteiger partial charge in [-0.3, -0.25) is 4.79 Å². The molecule has 2 aromatic rings. The molecule has 0 fully saturated rings. The van der Waals surface area contributed by atoms with E-state index in [1.807, 2.05) is 6.92 Å². The zero-order chi connectivity index (χ0) is 13.8. The number of benzene rings is 1. The van der Waals surface area contributed by atoms with E-state index in [1.54, 1.807) is 17.0 Å². The molecule has 5 heteroatoms. The maximum absolute atomic E-state index is 13.1.